The molecule has 0 fully saturated rings. The molecule has 0 saturated carbocycles. The lowest BCUT2D eigenvalue weighted by Crippen LogP contribution is -2.11. The lowest BCUT2D eigenvalue weighted by molar-refractivity contribution is 0.103. The zero-order valence-electron chi connectivity index (χ0n) is 10.6. The second-order valence-electron chi connectivity index (χ2n) is 4.30. The highest BCUT2D eigenvalue weighted by Crippen LogP contribution is 2.33. The van der Waals surface area contributed by atoms with Crippen LogP contribution in [0.5, 0.6) is 0 Å². The van der Waals surface area contributed by atoms with Gasteiger partial charge in [0.25, 0.3) is 5.91 Å². The minimum absolute atomic E-state index is 0.257. The molecule has 106 valence electrons. The predicted molar refractivity (Wildman–Crippen MR) is 91.1 cm³/mol. The van der Waals surface area contributed by atoms with E-state index in [-0.39, 0.29) is 5.91 Å². The van der Waals surface area contributed by atoms with Gasteiger partial charge in [0, 0.05) is 27.9 Å². The van der Waals surface area contributed by atoms with E-state index in [1.165, 1.54) is 11.3 Å². The molecule has 0 spiro atoms. The molecule has 0 atom stereocenters. The largest absolute Gasteiger partial charge is 0.397 e. The molecule has 3 N–H and O–H groups in total. The van der Waals surface area contributed by atoms with Crippen LogP contribution in [-0.4, -0.2) is 10.9 Å². The Labute approximate surface area is 138 Å². The summed E-state index contributed by atoms with van der Waals surface area (Å²) in [6, 6.07) is 7.01. The number of aromatic nitrogens is 1. The Balaban J connectivity index is 1.93. The van der Waals surface area contributed by atoms with Crippen LogP contribution < -0.4 is 11.1 Å². The Bertz CT molecular complexity index is 849. The van der Waals surface area contributed by atoms with Crippen LogP contribution in [0.2, 0.25) is 5.02 Å². The molecular formula is C14H9BrClN3OS. The fourth-order valence-electron chi connectivity index (χ4n) is 1.90. The molecule has 0 saturated heterocycles. The third kappa shape index (κ3) is 2.74. The number of nitrogens with two attached hydrogens (primary N) is 1. The van der Waals surface area contributed by atoms with E-state index in [1.54, 1.807) is 36.7 Å². The molecule has 0 aliphatic heterocycles. The van der Waals surface area contributed by atoms with Crippen LogP contribution in [0.25, 0.3) is 10.1 Å². The van der Waals surface area contributed by atoms with Gasteiger partial charge >= 0.3 is 0 Å². The van der Waals surface area contributed by atoms with Crippen LogP contribution in [0.4, 0.5) is 11.4 Å². The van der Waals surface area contributed by atoms with Crippen molar-refractivity contribution < 1.29 is 4.79 Å². The van der Waals surface area contributed by atoms with Crippen molar-refractivity contribution in [1.82, 2.24) is 4.98 Å². The Morgan fingerprint density at radius 2 is 2.19 bits per heavy atom. The van der Waals surface area contributed by atoms with Crippen LogP contribution in [0.1, 0.15) is 9.67 Å². The van der Waals surface area contributed by atoms with Crippen LogP contribution >= 0.6 is 38.9 Å². The molecule has 0 aliphatic carbocycles. The Hall–Kier alpha value is -1.63. The Morgan fingerprint density at radius 3 is 2.90 bits per heavy atom. The van der Waals surface area contributed by atoms with Gasteiger partial charge in [0.1, 0.15) is 4.88 Å². The van der Waals surface area contributed by atoms with Gasteiger partial charge in [-0.1, -0.05) is 11.6 Å². The highest BCUT2D eigenvalue weighted by atomic mass is 79.9. The summed E-state index contributed by atoms with van der Waals surface area (Å²) >= 11 is 10.6. The van der Waals surface area contributed by atoms with Crippen molar-refractivity contribution in [3.63, 3.8) is 0 Å². The van der Waals surface area contributed by atoms with Crippen LogP contribution in [0, 0.1) is 0 Å². The molecular weight excluding hydrogens is 374 g/mol. The monoisotopic (exact) mass is 381 g/mol. The van der Waals surface area contributed by atoms with Crippen LogP contribution in [0.15, 0.2) is 41.1 Å². The number of nitrogens with one attached hydrogen (secondary N) is 1. The standard InChI is InChI=1S/C14H9BrClN3OS/c15-9-2-1-7(5-10(9)16)19-14(20)13-12(17)8-3-4-18-6-11(8)21-13/h1-6H,17H2,(H,19,20). The number of rotatable bonds is 2. The van der Waals surface area contributed by atoms with Gasteiger partial charge in [-0.2, -0.15) is 0 Å². The van der Waals surface area contributed by atoms with Gasteiger partial charge in [-0.05, 0) is 40.2 Å². The highest BCUT2D eigenvalue weighted by molar-refractivity contribution is 9.10. The van der Waals surface area contributed by atoms with Crippen molar-refractivity contribution in [3.05, 3.63) is 51.0 Å². The van der Waals surface area contributed by atoms with Crippen molar-refractivity contribution in [2.45, 2.75) is 0 Å². The van der Waals surface area contributed by atoms with E-state index in [1.807, 2.05) is 0 Å². The Kier molecular flexibility index (Phi) is 3.84. The molecule has 3 aromatic rings. The second-order valence-corrected chi connectivity index (χ2v) is 6.61. The average Bonchev–Trinajstić information content (AvgIpc) is 2.81. The summed E-state index contributed by atoms with van der Waals surface area (Å²) in [6.45, 7) is 0. The van der Waals surface area contributed by atoms with Gasteiger partial charge in [0.2, 0.25) is 0 Å². The number of carbonyl (C=O) groups is 1. The number of halogens is 2. The summed E-state index contributed by atoms with van der Waals surface area (Å²) in [7, 11) is 0. The first-order valence-electron chi connectivity index (χ1n) is 5.94. The molecule has 4 nitrogen and oxygen atoms in total. The maximum absolute atomic E-state index is 12.3. The van der Waals surface area contributed by atoms with Gasteiger partial charge in [0.05, 0.1) is 15.4 Å². The summed E-state index contributed by atoms with van der Waals surface area (Å²) in [5.74, 6) is -0.257. The van der Waals surface area contributed by atoms with Crippen LogP contribution in [-0.2, 0) is 0 Å². The first-order valence-corrected chi connectivity index (χ1v) is 7.93. The molecule has 1 amide bonds. The van der Waals surface area contributed by atoms with Crippen molar-refractivity contribution in [2.75, 3.05) is 11.1 Å². The number of anilines is 2. The SMILES string of the molecule is Nc1c(C(=O)Nc2ccc(Br)c(Cl)c2)sc2cnccc12. The smallest absolute Gasteiger partial charge is 0.267 e. The highest BCUT2D eigenvalue weighted by Gasteiger charge is 2.16. The summed E-state index contributed by atoms with van der Waals surface area (Å²) in [6.07, 6.45) is 3.35. The number of amides is 1. The van der Waals surface area contributed by atoms with Crippen molar-refractivity contribution in [2.24, 2.45) is 0 Å². The third-order valence-corrected chi connectivity index (χ3v) is 5.30. The van der Waals surface area contributed by atoms with E-state index in [2.05, 4.69) is 26.2 Å². The quantitative estimate of drug-likeness (QED) is 0.683. The van der Waals surface area contributed by atoms with E-state index in [9.17, 15) is 4.79 Å². The number of nitrogen functional groups attached to an aromatic ring is 1. The maximum Gasteiger partial charge on any atom is 0.267 e. The van der Waals surface area contributed by atoms with Crippen molar-refractivity contribution >= 4 is 66.2 Å². The van der Waals surface area contributed by atoms with E-state index in [0.29, 0.717) is 21.3 Å². The molecule has 0 radical (unpaired) electrons. The summed E-state index contributed by atoms with van der Waals surface area (Å²) in [5.41, 5.74) is 7.12. The Morgan fingerprint density at radius 1 is 1.38 bits per heavy atom. The second kappa shape index (κ2) is 5.63. The van der Waals surface area contributed by atoms with E-state index in [0.717, 1.165) is 14.6 Å². The first-order chi connectivity index (χ1) is 10.1. The fourth-order valence-corrected chi connectivity index (χ4v) is 3.31. The zero-order chi connectivity index (χ0) is 15.0. The average molecular weight is 383 g/mol. The molecule has 0 bridgehead atoms. The number of hydrogen-bond acceptors (Lipinski definition) is 4. The van der Waals surface area contributed by atoms with Crippen molar-refractivity contribution in [3.8, 4) is 0 Å². The van der Waals surface area contributed by atoms with E-state index >= 15 is 0 Å². The van der Waals surface area contributed by atoms with E-state index < -0.39 is 0 Å². The number of fused-ring (bicyclic) bond motifs is 1. The molecule has 0 unspecified atom stereocenters. The fraction of sp³-hybridized carbons (Fsp3) is 0. The number of hydrogen-bond donors (Lipinski definition) is 2. The number of benzene rings is 1. The van der Waals surface area contributed by atoms with Gasteiger partial charge in [-0.15, -0.1) is 11.3 Å². The van der Waals surface area contributed by atoms with Gasteiger partial charge in [0.15, 0.2) is 0 Å². The number of pyridine rings is 1. The normalized spacial score (nSPS) is 10.8. The zero-order valence-corrected chi connectivity index (χ0v) is 13.7. The molecule has 21 heavy (non-hydrogen) atoms. The molecule has 7 heteroatoms. The number of thiophene rings is 1. The van der Waals surface area contributed by atoms with Crippen molar-refractivity contribution in [1.29, 1.82) is 0 Å². The van der Waals surface area contributed by atoms with Gasteiger partial charge in [-0.3, -0.25) is 9.78 Å². The number of carbonyl (C=O) groups excluding carboxylic acids is 1. The minimum atomic E-state index is -0.257. The first kappa shape index (κ1) is 14.3. The molecule has 1 aromatic carbocycles. The topological polar surface area (TPSA) is 68.0 Å². The molecule has 3 rings (SSSR count). The van der Waals surface area contributed by atoms with E-state index in [4.69, 9.17) is 17.3 Å². The summed E-state index contributed by atoms with van der Waals surface area (Å²) < 4.78 is 1.66. The lowest BCUT2D eigenvalue weighted by atomic mass is 10.2. The molecule has 2 aromatic heterocycles. The van der Waals surface area contributed by atoms with Gasteiger partial charge < -0.3 is 11.1 Å². The van der Waals surface area contributed by atoms with Gasteiger partial charge in [-0.25, -0.2) is 0 Å². The summed E-state index contributed by atoms with van der Waals surface area (Å²) in [5, 5.41) is 4.16. The number of nitrogens with zero attached hydrogens (tertiary/aromatic N) is 1. The summed E-state index contributed by atoms with van der Waals surface area (Å²) in [4.78, 5) is 16.8. The van der Waals surface area contributed by atoms with Crippen LogP contribution in [0.3, 0.4) is 0 Å². The third-order valence-electron chi connectivity index (χ3n) is 2.92. The molecule has 0 aliphatic rings. The lowest BCUT2D eigenvalue weighted by Gasteiger charge is -2.05. The maximum atomic E-state index is 12.3. The minimum Gasteiger partial charge on any atom is -0.397 e. The predicted octanol–water partition coefficient (Wildman–Crippen LogP) is 4.55. The molecule has 2 heterocycles.